The Morgan fingerprint density at radius 1 is 1.40 bits per heavy atom. The van der Waals surface area contributed by atoms with Crippen molar-refractivity contribution in [2.75, 3.05) is 40.0 Å². The molecular weight excluding hydrogens is 283 g/mol. The van der Waals surface area contributed by atoms with E-state index in [1.807, 2.05) is 6.07 Å². The third kappa shape index (κ3) is 3.75. The van der Waals surface area contributed by atoms with Crippen molar-refractivity contribution in [1.29, 1.82) is 0 Å². The van der Waals surface area contributed by atoms with Crippen LogP contribution in [0.25, 0.3) is 0 Å². The van der Waals surface area contributed by atoms with Crippen LogP contribution in [0.4, 0.5) is 4.39 Å². The molecule has 0 bridgehead atoms. The van der Waals surface area contributed by atoms with Gasteiger partial charge in [-0.3, -0.25) is 9.29 Å². The van der Waals surface area contributed by atoms with Gasteiger partial charge in [-0.2, -0.15) is 0 Å². The number of methoxy groups -OCH3 is 1. The van der Waals surface area contributed by atoms with Crippen LogP contribution in [0.3, 0.4) is 0 Å². The van der Waals surface area contributed by atoms with Gasteiger partial charge < -0.3 is 15.2 Å². The first-order valence-electron chi connectivity index (χ1n) is 6.64. The van der Waals surface area contributed by atoms with Crippen LogP contribution in [-0.2, 0) is 0 Å². The first kappa shape index (κ1) is 17.0. The molecule has 1 atom stereocenters. The number of piperazine rings is 1. The fourth-order valence-corrected chi connectivity index (χ4v) is 2.65. The topological polar surface area (TPSA) is 44.7 Å². The summed E-state index contributed by atoms with van der Waals surface area (Å²) in [6.45, 7) is 3.06. The van der Waals surface area contributed by atoms with Gasteiger partial charge in [-0.15, -0.1) is 12.4 Å². The van der Waals surface area contributed by atoms with E-state index in [1.165, 1.54) is 0 Å². The molecule has 0 saturated carbocycles. The molecule has 0 radical (unpaired) electrons. The summed E-state index contributed by atoms with van der Waals surface area (Å²) in [6.07, 6.45) is 0.369. The highest BCUT2D eigenvalue weighted by molar-refractivity contribution is 5.85. The lowest BCUT2D eigenvalue weighted by molar-refractivity contribution is 0.152. The van der Waals surface area contributed by atoms with Gasteiger partial charge in [-0.1, -0.05) is 6.07 Å². The number of halogens is 2. The van der Waals surface area contributed by atoms with Gasteiger partial charge in [0.25, 0.3) is 0 Å². The van der Waals surface area contributed by atoms with Crippen LogP contribution in [0.2, 0.25) is 0 Å². The van der Waals surface area contributed by atoms with E-state index in [4.69, 9.17) is 4.74 Å². The molecule has 1 aromatic rings. The molecule has 1 aliphatic heterocycles. The Kier molecular flexibility index (Phi) is 7.05. The Bertz CT molecular complexity index is 414. The third-order valence-corrected chi connectivity index (χ3v) is 3.57. The molecule has 0 aliphatic carbocycles. The summed E-state index contributed by atoms with van der Waals surface area (Å²) in [5, 5.41) is 13.4. The number of nitrogens with one attached hydrogen (secondary N) is 1. The second-order valence-electron chi connectivity index (χ2n) is 4.67. The molecule has 0 spiro atoms. The molecule has 0 unspecified atom stereocenters. The van der Waals surface area contributed by atoms with Crippen LogP contribution in [0.5, 0.6) is 11.5 Å². The van der Waals surface area contributed by atoms with E-state index in [1.54, 1.807) is 19.2 Å². The van der Waals surface area contributed by atoms with Crippen molar-refractivity contribution in [1.82, 2.24) is 10.2 Å². The maximum atomic E-state index is 12.9. The second-order valence-corrected chi connectivity index (χ2v) is 4.67. The fourth-order valence-electron chi connectivity index (χ4n) is 2.65. The zero-order chi connectivity index (χ0) is 13.7. The lowest BCUT2D eigenvalue weighted by atomic mass is 9.99. The normalized spacial score (nSPS) is 17.3. The van der Waals surface area contributed by atoms with Gasteiger partial charge in [0.1, 0.15) is 11.5 Å². The quantitative estimate of drug-likeness (QED) is 0.875. The molecular formula is C14H22ClFN2O2. The maximum absolute atomic E-state index is 12.9. The minimum Gasteiger partial charge on any atom is -0.507 e. The molecule has 1 aliphatic rings. The standard InChI is InChI=1S/C14H21FN2O2.ClH/c1-19-13-4-2-3-12(18)14(13)11(5-6-15)17-9-7-16-8-10-17;/h2-4,11,16,18H,5-10H2,1H3;1H/t11-;/m0./s1. The number of aromatic hydroxyl groups is 1. The Morgan fingerprint density at radius 3 is 2.70 bits per heavy atom. The Balaban J connectivity index is 0.00000200. The number of alkyl halides is 1. The van der Waals surface area contributed by atoms with Crippen molar-refractivity contribution in [2.45, 2.75) is 12.5 Å². The summed E-state index contributed by atoms with van der Waals surface area (Å²) in [4.78, 5) is 2.20. The molecule has 1 aromatic carbocycles. The summed E-state index contributed by atoms with van der Waals surface area (Å²) in [7, 11) is 1.57. The monoisotopic (exact) mass is 304 g/mol. The predicted octanol–water partition coefficient (Wildman–Crippen LogP) is 2.13. The number of ether oxygens (including phenoxy) is 1. The SMILES string of the molecule is COc1cccc(O)c1[C@H](CCF)N1CCNCC1.Cl. The number of phenolic OH excluding ortho intramolecular Hbond substituents is 1. The minimum atomic E-state index is -0.411. The number of phenols is 1. The summed E-state index contributed by atoms with van der Waals surface area (Å²) in [5.74, 6) is 0.799. The van der Waals surface area contributed by atoms with E-state index in [9.17, 15) is 9.50 Å². The van der Waals surface area contributed by atoms with E-state index in [0.29, 0.717) is 17.7 Å². The van der Waals surface area contributed by atoms with Crippen molar-refractivity contribution in [3.63, 3.8) is 0 Å². The predicted molar refractivity (Wildman–Crippen MR) is 79.7 cm³/mol. The van der Waals surface area contributed by atoms with E-state index >= 15 is 0 Å². The van der Waals surface area contributed by atoms with Gasteiger partial charge in [0.2, 0.25) is 0 Å². The summed E-state index contributed by atoms with van der Waals surface area (Å²) >= 11 is 0. The minimum absolute atomic E-state index is 0. The molecule has 114 valence electrons. The van der Waals surface area contributed by atoms with Gasteiger partial charge in [-0.25, -0.2) is 0 Å². The fraction of sp³-hybridized carbons (Fsp3) is 0.571. The van der Waals surface area contributed by atoms with Crippen LogP contribution in [0, 0.1) is 0 Å². The van der Waals surface area contributed by atoms with Crippen molar-refractivity contribution >= 4 is 12.4 Å². The first-order chi connectivity index (χ1) is 9.27. The van der Waals surface area contributed by atoms with Crippen molar-refractivity contribution in [3.8, 4) is 11.5 Å². The molecule has 1 heterocycles. The van der Waals surface area contributed by atoms with Gasteiger partial charge in [0.15, 0.2) is 0 Å². The largest absolute Gasteiger partial charge is 0.507 e. The molecule has 1 saturated heterocycles. The van der Waals surface area contributed by atoms with Crippen LogP contribution >= 0.6 is 12.4 Å². The zero-order valence-electron chi connectivity index (χ0n) is 11.6. The van der Waals surface area contributed by atoms with Crippen LogP contribution < -0.4 is 10.1 Å². The molecule has 2 N–H and O–H groups in total. The molecule has 0 amide bonds. The van der Waals surface area contributed by atoms with Crippen LogP contribution in [0.15, 0.2) is 18.2 Å². The molecule has 1 fully saturated rings. The van der Waals surface area contributed by atoms with Gasteiger partial charge in [-0.05, 0) is 18.6 Å². The van der Waals surface area contributed by atoms with Gasteiger partial charge >= 0.3 is 0 Å². The average molecular weight is 305 g/mol. The zero-order valence-corrected chi connectivity index (χ0v) is 12.5. The Hall–Kier alpha value is -1.04. The van der Waals surface area contributed by atoms with E-state index < -0.39 is 6.67 Å². The molecule has 20 heavy (non-hydrogen) atoms. The van der Waals surface area contributed by atoms with E-state index in [2.05, 4.69) is 10.2 Å². The average Bonchev–Trinajstić information content (AvgIpc) is 2.46. The van der Waals surface area contributed by atoms with Crippen LogP contribution in [0.1, 0.15) is 18.0 Å². The number of benzene rings is 1. The number of hydrogen-bond donors (Lipinski definition) is 2. The van der Waals surface area contributed by atoms with E-state index in [-0.39, 0.29) is 24.2 Å². The maximum Gasteiger partial charge on any atom is 0.127 e. The summed E-state index contributed by atoms with van der Waals surface area (Å²) in [6, 6.07) is 5.04. The third-order valence-electron chi connectivity index (χ3n) is 3.57. The number of rotatable bonds is 5. The second kappa shape index (κ2) is 8.29. The number of nitrogens with zero attached hydrogens (tertiary/aromatic N) is 1. The Labute approximate surface area is 125 Å². The molecule has 0 aromatic heterocycles. The lowest BCUT2D eigenvalue weighted by Crippen LogP contribution is -2.45. The highest BCUT2D eigenvalue weighted by atomic mass is 35.5. The van der Waals surface area contributed by atoms with Crippen LogP contribution in [-0.4, -0.2) is 50.0 Å². The van der Waals surface area contributed by atoms with Crippen molar-refractivity contribution in [3.05, 3.63) is 23.8 Å². The molecule has 2 rings (SSSR count). The van der Waals surface area contributed by atoms with Crippen molar-refractivity contribution < 1.29 is 14.2 Å². The van der Waals surface area contributed by atoms with Crippen molar-refractivity contribution in [2.24, 2.45) is 0 Å². The lowest BCUT2D eigenvalue weighted by Gasteiger charge is -2.35. The van der Waals surface area contributed by atoms with Gasteiger partial charge in [0, 0.05) is 32.2 Å². The Morgan fingerprint density at radius 2 is 2.10 bits per heavy atom. The van der Waals surface area contributed by atoms with Gasteiger partial charge in [0.05, 0.1) is 19.3 Å². The van der Waals surface area contributed by atoms with E-state index in [0.717, 1.165) is 26.2 Å². The highest BCUT2D eigenvalue weighted by Crippen LogP contribution is 2.38. The summed E-state index contributed by atoms with van der Waals surface area (Å²) < 4.78 is 18.2. The smallest absolute Gasteiger partial charge is 0.127 e. The molecule has 4 nitrogen and oxygen atoms in total. The summed E-state index contributed by atoms with van der Waals surface area (Å²) in [5.41, 5.74) is 0.699. The number of hydrogen-bond acceptors (Lipinski definition) is 4. The highest BCUT2D eigenvalue weighted by Gasteiger charge is 2.27. The first-order valence-corrected chi connectivity index (χ1v) is 6.64. The molecule has 6 heteroatoms.